The zero-order valence-electron chi connectivity index (χ0n) is 10.4. The second-order valence-electron chi connectivity index (χ2n) is 3.75. The third-order valence-corrected chi connectivity index (χ3v) is 3.71. The van der Waals surface area contributed by atoms with Gasteiger partial charge in [0.2, 0.25) is 5.88 Å². The number of ether oxygens (including phenoxy) is 1. The summed E-state index contributed by atoms with van der Waals surface area (Å²) < 4.78 is 32.7. The van der Waals surface area contributed by atoms with Crippen LogP contribution in [-0.4, -0.2) is 30.3 Å². The van der Waals surface area contributed by atoms with Crippen LogP contribution in [0.4, 0.5) is 11.5 Å². The first kappa shape index (κ1) is 13.1. The zero-order valence-corrected chi connectivity index (χ0v) is 11.2. The molecule has 102 valence electrons. The molecule has 0 aliphatic rings. The quantitative estimate of drug-likeness (QED) is 0.829. The van der Waals surface area contributed by atoms with Gasteiger partial charge in [-0.1, -0.05) is 0 Å². The Bertz CT molecular complexity index is 678. The van der Waals surface area contributed by atoms with Crippen molar-refractivity contribution in [1.29, 1.82) is 0 Å². The summed E-state index contributed by atoms with van der Waals surface area (Å²) in [5, 5.41) is 3.79. The minimum atomic E-state index is -3.78. The molecule has 0 saturated heterocycles. The molecule has 0 saturated carbocycles. The van der Waals surface area contributed by atoms with Gasteiger partial charge >= 0.3 is 0 Å². The van der Waals surface area contributed by atoms with Gasteiger partial charge in [0.25, 0.3) is 10.0 Å². The van der Waals surface area contributed by atoms with Crippen LogP contribution >= 0.6 is 0 Å². The number of sulfonamides is 1. The Labute approximate surface area is 110 Å². The summed E-state index contributed by atoms with van der Waals surface area (Å²) in [7, 11) is -0.720. The lowest BCUT2D eigenvalue weighted by Gasteiger charge is -2.06. The average Bonchev–Trinajstić information content (AvgIpc) is 2.70. The van der Waals surface area contributed by atoms with Gasteiger partial charge in [-0.05, 0) is 6.07 Å². The van der Waals surface area contributed by atoms with E-state index in [0.29, 0.717) is 11.6 Å². The number of rotatable bonds is 4. The summed E-state index contributed by atoms with van der Waals surface area (Å²) in [5.74, 6) is 0.334. The molecule has 9 heteroatoms. The minimum absolute atomic E-state index is 0.0588. The molecule has 0 aliphatic carbocycles. The van der Waals surface area contributed by atoms with E-state index in [-0.39, 0.29) is 10.7 Å². The van der Waals surface area contributed by atoms with Gasteiger partial charge in [-0.3, -0.25) is 9.40 Å². The molecule has 0 spiro atoms. The summed E-state index contributed by atoms with van der Waals surface area (Å²) in [6.07, 6.45) is 2.68. The number of aryl methyl sites for hydroxylation is 1. The largest absolute Gasteiger partial charge is 0.481 e. The van der Waals surface area contributed by atoms with Gasteiger partial charge in [0, 0.05) is 19.3 Å². The number of nitrogens with two attached hydrogens (primary N) is 1. The molecule has 0 aromatic carbocycles. The van der Waals surface area contributed by atoms with Crippen molar-refractivity contribution in [2.24, 2.45) is 7.05 Å². The fourth-order valence-corrected chi connectivity index (χ4v) is 2.61. The molecule has 2 rings (SSSR count). The van der Waals surface area contributed by atoms with E-state index >= 15 is 0 Å². The number of hydrogen-bond acceptors (Lipinski definition) is 6. The van der Waals surface area contributed by atoms with Gasteiger partial charge < -0.3 is 10.5 Å². The number of nitrogens with zero attached hydrogens (tertiary/aromatic N) is 3. The molecule has 2 heterocycles. The van der Waals surface area contributed by atoms with E-state index in [1.807, 2.05) is 0 Å². The van der Waals surface area contributed by atoms with Crippen LogP contribution in [0.3, 0.4) is 0 Å². The Hall–Kier alpha value is -2.29. The maximum Gasteiger partial charge on any atom is 0.267 e. The number of nitrogen functional groups attached to an aromatic ring is 1. The molecule has 2 aromatic heterocycles. The van der Waals surface area contributed by atoms with Gasteiger partial charge in [-0.2, -0.15) is 5.10 Å². The molecule has 0 bridgehead atoms. The van der Waals surface area contributed by atoms with Gasteiger partial charge in [0.15, 0.2) is 5.82 Å². The number of nitrogens with one attached hydrogen (secondary N) is 1. The normalized spacial score (nSPS) is 11.3. The maximum absolute atomic E-state index is 12.1. The van der Waals surface area contributed by atoms with E-state index in [1.54, 1.807) is 13.1 Å². The molecule has 0 unspecified atom stereocenters. The van der Waals surface area contributed by atoms with Crippen molar-refractivity contribution in [3.05, 3.63) is 24.5 Å². The first-order chi connectivity index (χ1) is 8.92. The monoisotopic (exact) mass is 283 g/mol. The number of anilines is 2. The molecule has 0 amide bonds. The average molecular weight is 283 g/mol. The van der Waals surface area contributed by atoms with Crippen molar-refractivity contribution in [3.63, 3.8) is 0 Å². The van der Waals surface area contributed by atoms with Crippen molar-refractivity contribution >= 4 is 21.5 Å². The lowest BCUT2D eigenvalue weighted by molar-refractivity contribution is 0.398. The second-order valence-corrected chi connectivity index (χ2v) is 5.40. The molecular formula is C10H13N5O3S. The van der Waals surface area contributed by atoms with E-state index in [2.05, 4.69) is 14.8 Å². The Morgan fingerprint density at radius 1 is 1.42 bits per heavy atom. The van der Waals surface area contributed by atoms with Crippen molar-refractivity contribution in [1.82, 2.24) is 14.8 Å². The van der Waals surface area contributed by atoms with Crippen LogP contribution in [0.15, 0.2) is 29.4 Å². The highest BCUT2D eigenvalue weighted by Gasteiger charge is 2.20. The lowest BCUT2D eigenvalue weighted by Crippen LogP contribution is -2.14. The Balaban J connectivity index is 2.28. The predicted molar refractivity (Wildman–Crippen MR) is 69.2 cm³/mol. The Morgan fingerprint density at radius 2 is 2.16 bits per heavy atom. The minimum Gasteiger partial charge on any atom is -0.481 e. The smallest absolute Gasteiger partial charge is 0.267 e. The predicted octanol–water partition coefficient (Wildman–Crippen LogP) is 0.207. The number of methoxy groups -OCH3 is 1. The summed E-state index contributed by atoms with van der Waals surface area (Å²) in [6.45, 7) is 0. The van der Waals surface area contributed by atoms with E-state index < -0.39 is 10.0 Å². The zero-order chi connectivity index (χ0) is 14.0. The van der Waals surface area contributed by atoms with Crippen molar-refractivity contribution in [2.75, 3.05) is 17.6 Å². The van der Waals surface area contributed by atoms with E-state index in [1.165, 1.54) is 30.3 Å². The van der Waals surface area contributed by atoms with Crippen LogP contribution in [0.25, 0.3) is 0 Å². The molecule has 3 N–H and O–H groups in total. The van der Waals surface area contributed by atoms with Crippen LogP contribution in [0, 0.1) is 0 Å². The molecule has 0 atom stereocenters. The van der Waals surface area contributed by atoms with E-state index in [4.69, 9.17) is 10.5 Å². The SMILES string of the molecule is COc1ccc(NS(=O)(=O)c2cn(C)nc2N)cn1. The number of pyridine rings is 1. The van der Waals surface area contributed by atoms with E-state index in [0.717, 1.165) is 0 Å². The molecule has 19 heavy (non-hydrogen) atoms. The highest BCUT2D eigenvalue weighted by molar-refractivity contribution is 7.92. The first-order valence-electron chi connectivity index (χ1n) is 5.24. The molecule has 8 nitrogen and oxygen atoms in total. The summed E-state index contributed by atoms with van der Waals surface area (Å²) in [5.41, 5.74) is 5.85. The highest BCUT2D eigenvalue weighted by atomic mass is 32.2. The number of aromatic nitrogens is 3. The topological polar surface area (TPSA) is 112 Å². The Kier molecular flexibility index (Phi) is 3.30. The molecule has 0 radical (unpaired) electrons. The first-order valence-corrected chi connectivity index (χ1v) is 6.72. The fourth-order valence-electron chi connectivity index (χ4n) is 1.46. The summed E-state index contributed by atoms with van der Waals surface area (Å²) in [6, 6.07) is 3.08. The van der Waals surface area contributed by atoms with Gasteiger partial charge in [0.1, 0.15) is 4.90 Å². The standard InChI is InChI=1S/C10H13N5O3S/c1-15-6-8(10(11)13-15)19(16,17)14-7-3-4-9(18-2)12-5-7/h3-6,14H,1-2H3,(H2,11,13). The van der Waals surface area contributed by atoms with Crippen LogP contribution in [0.1, 0.15) is 0 Å². The van der Waals surface area contributed by atoms with Crippen LogP contribution in [-0.2, 0) is 17.1 Å². The van der Waals surface area contributed by atoms with Gasteiger partial charge in [-0.25, -0.2) is 13.4 Å². The molecule has 0 aliphatic heterocycles. The Morgan fingerprint density at radius 3 is 2.63 bits per heavy atom. The highest BCUT2D eigenvalue weighted by Crippen LogP contribution is 2.20. The van der Waals surface area contributed by atoms with Crippen LogP contribution in [0.2, 0.25) is 0 Å². The van der Waals surface area contributed by atoms with Crippen LogP contribution in [0.5, 0.6) is 5.88 Å². The molecule has 0 fully saturated rings. The third-order valence-electron chi connectivity index (χ3n) is 2.31. The van der Waals surface area contributed by atoms with Crippen molar-refractivity contribution in [3.8, 4) is 5.88 Å². The lowest BCUT2D eigenvalue weighted by atomic mass is 10.4. The van der Waals surface area contributed by atoms with Crippen molar-refractivity contribution < 1.29 is 13.2 Å². The van der Waals surface area contributed by atoms with E-state index in [9.17, 15) is 8.42 Å². The summed E-state index contributed by atoms with van der Waals surface area (Å²) in [4.78, 5) is 3.82. The second kappa shape index (κ2) is 4.76. The van der Waals surface area contributed by atoms with Crippen molar-refractivity contribution in [2.45, 2.75) is 4.90 Å². The number of hydrogen-bond donors (Lipinski definition) is 2. The summed E-state index contributed by atoms with van der Waals surface area (Å²) >= 11 is 0. The molecule has 2 aromatic rings. The maximum atomic E-state index is 12.1. The molecular weight excluding hydrogens is 270 g/mol. The fraction of sp³-hybridized carbons (Fsp3) is 0.200. The third kappa shape index (κ3) is 2.76. The van der Waals surface area contributed by atoms with Crippen LogP contribution < -0.4 is 15.2 Å². The van der Waals surface area contributed by atoms with Gasteiger partial charge in [0.05, 0.1) is 19.0 Å². The van der Waals surface area contributed by atoms with Gasteiger partial charge in [-0.15, -0.1) is 0 Å².